The molecule has 0 bridgehead atoms. The lowest BCUT2D eigenvalue weighted by Crippen LogP contribution is -2.56. The second-order valence-corrected chi connectivity index (χ2v) is 7.83. The Morgan fingerprint density at radius 3 is 2.23 bits per heavy atom. The van der Waals surface area contributed by atoms with Gasteiger partial charge in [0.05, 0.1) is 18.7 Å². The smallest absolute Gasteiger partial charge is 0.328 e. The van der Waals surface area contributed by atoms with E-state index < -0.39 is 54.5 Å². The van der Waals surface area contributed by atoms with Crippen LogP contribution in [0.3, 0.4) is 0 Å². The van der Waals surface area contributed by atoms with Crippen LogP contribution in [0.5, 0.6) is 5.75 Å². The van der Waals surface area contributed by atoms with Gasteiger partial charge in [-0.05, 0) is 37.5 Å². The van der Waals surface area contributed by atoms with Gasteiger partial charge in [0, 0.05) is 13.0 Å². The molecule has 194 valence electrons. The van der Waals surface area contributed by atoms with E-state index in [4.69, 9.17) is 17.2 Å². The quantitative estimate of drug-likeness (QED) is 0.0712. The number of nitrogens with two attached hydrogens (primary N) is 3. The van der Waals surface area contributed by atoms with Gasteiger partial charge in [-0.3, -0.25) is 19.4 Å². The molecule has 4 atom stereocenters. The maximum atomic E-state index is 12.7. The fraction of sp³-hybridized carbons (Fsp3) is 0.476. The first kappa shape index (κ1) is 29.1. The molecule has 0 spiro atoms. The maximum Gasteiger partial charge on any atom is 0.328 e. The SMILES string of the molecule is CC(O)C(NC(=O)C(Cc1ccc(O)cc1)NC(=O)CNC(=O)C(N)CCCN=C(N)N)C(=O)O. The minimum Gasteiger partial charge on any atom is -0.508 e. The zero-order chi connectivity index (χ0) is 26.5. The van der Waals surface area contributed by atoms with Crippen molar-refractivity contribution in [3.05, 3.63) is 29.8 Å². The van der Waals surface area contributed by atoms with Crippen molar-refractivity contribution in [3.8, 4) is 5.75 Å². The summed E-state index contributed by atoms with van der Waals surface area (Å²) < 4.78 is 0. The number of carboxylic acids is 1. The van der Waals surface area contributed by atoms with Crippen LogP contribution in [-0.4, -0.2) is 82.3 Å². The number of aliphatic hydroxyl groups excluding tert-OH is 1. The first-order valence-corrected chi connectivity index (χ1v) is 10.8. The normalized spacial score (nSPS) is 14.0. The lowest BCUT2D eigenvalue weighted by Gasteiger charge is -2.23. The summed E-state index contributed by atoms with van der Waals surface area (Å²) in [6.45, 7) is 1.00. The Hall–Kier alpha value is -3.91. The van der Waals surface area contributed by atoms with Gasteiger partial charge in [-0.25, -0.2) is 4.79 Å². The third-order valence-corrected chi connectivity index (χ3v) is 4.80. The molecule has 0 radical (unpaired) electrons. The molecule has 4 unspecified atom stereocenters. The second-order valence-electron chi connectivity index (χ2n) is 7.83. The van der Waals surface area contributed by atoms with E-state index >= 15 is 0 Å². The summed E-state index contributed by atoms with van der Waals surface area (Å²) in [5.74, 6) is -3.71. The molecule has 1 aromatic rings. The van der Waals surface area contributed by atoms with Gasteiger partial charge in [0.2, 0.25) is 17.7 Å². The van der Waals surface area contributed by atoms with Gasteiger partial charge in [0.15, 0.2) is 12.0 Å². The maximum absolute atomic E-state index is 12.7. The van der Waals surface area contributed by atoms with Crippen molar-refractivity contribution in [1.82, 2.24) is 16.0 Å². The van der Waals surface area contributed by atoms with Crippen molar-refractivity contribution in [1.29, 1.82) is 0 Å². The number of hydrogen-bond donors (Lipinski definition) is 9. The molecule has 1 rings (SSSR count). The molecule has 12 N–H and O–H groups in total. The summed E-state index contributed by atoms with van der Waals surface area (Å²) in [6, 6.07) is 2.07. The van der Waals surface area contributed by atoms with E-state index in [1.54, 1.807) is 0 Å². The molecule has 0 aromatic heterocycles. The van der Waals surface area contributed by atoms with Crippen LogP contribution in [0.2, 0.25) is 0 Å². The molecular formula is C21H33N7O7. The molecule has 0 aliphatic rings. The van der Waals surface area contributed by atoms with Gasteiger partial charge in [-0.2, -0.15) is 0 Å². The van der Waals surface area contributed by atoms with Crippen LogP contribution in [0.25, 0.3) is 0 Å². The fourth-order valence-electron chi connectivity index (χ4n) is 2.91. The highest BCUT2D eigenvalue weighted by Gasteiger charge is 2.29. The number of aromatic hydroxyl groups is 1. The third kappa shape index (κ3) is 11.2. The first-order chi connectivity index (χ1) is 16.4. The van der Waals surface area contributed by atoms with Crippen LogP contribution in [0.1, 0.15) is 25.3 Å². The highest BCUT2D eigenvalue weighted by atomic mass is 16.4. The second kappa shape index (κ2) is 14.4. The number of carboxylic acid groups (broad SMARTS) is 1. The van der Waals surface area contributed by atoms with E-state index in [-0.39, 0.29) is 24.6 Å². The van der Waals surface area contributed by atoms with Gasteiger partial charge in [0.25, 0.3) is 0 Å². The highest BCUT2D eigenvalue weighted by Crippen LogP contribution is 2.12. The van der Waals surface area contributed by atoms with E-state index in [2.05, 4.69) is 20.9 Å². The monoisotopic (exact) mass is 495 g/mol. The van der Waals surface area contributed by atoms with E-state index in [1.807, 2.05) is 0 Å². The van der Waals surface area contributed by atoms with Crippen LogP contribution < -0.4 is 33.2 Å². The van der Waals surface area contributed by atoms with Crippen molar-refractivity contribution in [3.63, 3.8) is 0 Å². The van der Waals surface area contributed by atoms with Gasteiger partial charge < -0.3 is 48.5 Å². The number of aliphatic hydroxyl groups is 1. The Balaban J connectivity index is 2.77. The Kier molecular flexibility index (Phi) is 12.0. The van der Waals surface area contributed by atoms with E-state index in [0.717, 1.165) is 0 Å². The Labute approximate surface area is 201 Å². The number of phenolic OH excluding ortho intramolecular Hbond substituents is 1. The summed E-state index contributed by atoms with van der Waals surface area (Å²) in [4.78, 5) is 52.4. The van der Waals surface area contributed by atoms with Crippen molar-refractivity contribution in [2.45, 2.75) is 50.4 Å². The average Bonchev–Trinajstić information content (AvgIpc) is 2.78. The number of rotatable bonds is 14. The first-order valence-electron chi connectivity index (χ1n) is 10.8. The van der Waals surface area contributed by atoms with Crippen molar-refractivity contribution < 1.29 is 34.5 Å². The lowest BCUT2D eigenvalue weighted by atomic mass is 10.0. The predicted octanol–water partition coefficient (Wildman–Crippen LogP) is -3.13. The molecule has 0 heterocycles. The molecule has 14 heteroatoms. The zero-order valence-electron chi connectivity index (χ0n) is 19.3. The number of carbonyl (C=O) groups is 4. The molecule has 35 heavy (non-hydrogen) atoms. The van der Waals surface area contributed by atoms with Crippen LogP contribution in [0, 0.1) is 0 Å². The molecule has 0 aliphatic heterocycles. The molecule has 0 saturated carbocycles. The number of aliphatic imine (C=N–C) groups is 1. The number of guanidine groups is 1. The van der Waals surface area contributed by atoms with E-state index in [0.29, 0.717) is 18.5 Å². The van der Waals surface area contributed by atoms with Crippen LogP contribution in [0.15, 0.2) is 29.3 Å². The number of amides is 3. The summed E-state index contributed by atoms with van der Waals surface area (Å²) in [5, 5.41) is 35.3. The third-order valence-electron chi connectivity index (χ3n) is 4.80. The number of aliphatic carboxylic acids is 1. The Bertz CT molecular complexity index is 902. The summed E-state index contributed by atoms with van der Waals surface area (Å²) in [7, 11) is 0. The molecule has 0 fully saturated rings. The number of nitrogens with zero attached hydrogens (tertiary/aromatic N) is 1. The topological polar surface area (TPSA) is 255 Å². The predicted molar refractivity (Wildman–Crippen MR) is 126 cm³/mol. The van der Waals surface area contributed by atoms with E-state index in [1.165, 1.54) is 31.2 Å². The lowest BCUT2D eigenvalue weighted by molar-refractivity contribution is -0.145. The van der Waals surface area contributed by atoms with Gasteiger partial charge >= 0.3 is 5.97 Å². The minimum absolute atomic E-state index is 0.00353. The van der Waals surface area contributed by atoms with Crippen LogP contribution in [-0.2, 0) is 25.6 Å². The summed E-state index contributed by atoms with van der Waals surface area (Å²) in [6.07, 6.45) is -0.732. The standard InChI is InChI=1S/C21H33N7O7/c1-11(29)17(20(34)35)28-19(33)15(9-12-4-6-13(30)7-5-12)27-16(31)10-26-18(32)14(22)3-2-8-25-21(23)24/h4-7,11,14-15,17,29-30H,2-3,8-10,22H2,1H3,(H,26,32)(H,27,31)(H,28,33)(H,34,35)(H4,23,24,25). The largest absolute Gasteiger partial charge is 0.508 e. The Morgan fingerprint density at radius 1 is 1.06 bits per heavy atom. The molecule has 3 amide bonds. The number of benzene rings is 1. The number of carbonyl (C=O) groups excluding carboxylic acids is 3. The van der Waals surface area contributed by atoms with Crippen molar-refractivity contribution >= 4 is 29.7 Å². The molecular weight excluding hydrogens is 462 g/mol. The average molecular weight is 496 g/mol. The fourth-order valence-corrected chi connectivity index (χ4v) is 2.91. The summed E-state index contributed by atoms with van der Waals surface area (Å²) in [5.41, 5.74) is 16.8. The van der Waals surface area contributed by atoms with E-state index in [9.17, 15) is 34.5 Å². The van der Waals surface area contributed by atoms with Gasteiger partial charge in [-0.15, -0.1) is 0 Å². The van der Waals surface area contributed by atoms with Crippen molar-refractivity contribution in [2.24, 2.45) is 22.2 Å². The molecule has 1 aromatic carbocycles. The Morgan fingerprint density at radius 2 is 1.69 bits per heavy atom. The van der Waals surface area contributed by atoms with Crippen LogP contribution in [0.4, 0.5) is 0 Å². The number of hydrogen-bond acceptors (Lipinski definition) is 8. The van der Waals surface area contributed by atoms with Gasteiger partial charge in [0.1, 0.15) is 11.8 Å². The number of nitrogens with one attached hydrogen (secondary N) is 3. The van der Waals surface area contributed by atoms with Gasteiger partial charge in [-0.1, -0.05) is 12.1 Å². The van der Waals surface area contributed by atoms with Crippen molar-refractivity contribution in [2.75, 3.05) is 13.1 Å². The molecule has 0 saturated heterocycles. The summed E-state index contributed by atoms with van der Waals surface area (Å²) >= 11 is 0. The highest BCUT2D eigenvalue weighted by molar-refractivity contribution is 5.92. The molecule has 0 aliphatic carbocycles. The molecule has 14 nitrogen and oxygen atoms in total. The zero-order valence-corrected chi connectivity index (χ0v) is 19.3. The number of phenols is 1. The minimum atomic E-state index is -1.60. The van der Waals surface area contributed by atoms with Crippen LogP contribution >= 0.6 is 0 Å².